The van der Waals surface area contributed by atoms with Crippen LogP contribution in [-0.2, 0) is 14.3 Å². The third kappa shape index (κ3) is 5.28. The van der Waals surface area contributed by atoms with Gasteiger partial charge in [0.05, 0.1) is 12.6 Å². The van der Waals surface area contributed by atoms with Crippen LogP contribution in [0.25, 0.3) is 10.9 Å². The smallest absolute Gasteiger partial charge is 0.354 e. The summed E-state index contributed by atoms with van der Waals surface area (Å²) in [6, 6.07) is 7.29. The molecule has 1 aliphatic carbocycles. The van der Waals surface area contributed by atoms with Crippen molar-refractivity contribution < 1.29 is 19.1 Å². The number of rotatable bonds is 8. The van der Waals surface area contributed by atoms with E-state index in [0.717, 1.165) is 29.6 Å². The van der Waals surface area contributed by atoms with Crippen LogP contribution in [0.5, 0.6) is 0 Å². The maximum atomic E-state index is 13.0. The van der Waals surface area contributed by atoms with Gasteiger partial charge in [-0.25, -0.2) is 4.79 Å². The third-order valence-corrected chi connectivity index (χ3v) is 6.64. The van der Waals surface area contributed by atoms with E-state index in [1.165, 1.54) is 32.1 Å². The van der Waals surface area contributed by atoms with Gasteiger partial charge in [-0.15, -0.1) is 0 Å². The zero-order valence-corrected chi connectivity index (χ0v) is 18.2. The first-order chi connectivity index (χ1) is 15.2. The standard InChI is InChI=1S/C24H33N3O4/c1-30-12-5-13-31-24(29)21-15-17-14-18(8-9-20(17)27-21)26-23(28)22-19(10-11-25-22)16-6-3-2-4-7-16/h8-9,14-16,19,22,25,27H,2-7,10-13H2,1H3,(H,26,28)/t19?,22-/m0/s1. The first-order valence-electron chi connectivity index (χ1n) is 11.5. The highest BCUT2D eigenvalue weighted by molar-refractivity contribution is 5.99. The summed E-state index contributed by atoms with van der Waals surface area (Å²) in [4.78, 5) is 28.3. The molecule has 3 N–H and O–H groups in total. The number of aromatic amines is 1. The van der Waals surface area contributed by atoms with Gasteiger partial charge in [0.2, 0.25) is 5.91 Å². The quantitative estimate of drug-likeness (QED) is 0.439. The van der Waals surface area contributed by atoms with Crippen molar-refractivity contribution in [1.82, 2.24) is 10.3 Å². The fraction of sp³-hybridized carbons (Fsp3) is 0.583. The number of amides is 1. The van der Waals surface area contributed by atoms with Crippen LogP contribution in [-0.4, -0.2) is 49.8 Å². The Hall–Kier alpha value is -2.38. The van der Waals surface area contributed by atoms with Crippen molar-refractivity contribution in [2.24, 2.45) is 11.8 Å². The van der Waals surface area contributed by atoms with E-state index in [2.05, 4.69) is 15.6 Å². The third-order valence-electron chi connectivity index (χ3n) is 6.64. The summed E-state index contributed by atoms with van der Waals surface area (Å²) in [5.74, 6) is 0.740. The van der Waals surface area contributed by atoms with Gasteiger partial charge in [0.25, 0.3) is 0 Å². The van der Waals surface area contributed by atoms with Gasteiger partial charge >= 0.3 is 5.97 Å². The van der Waals surface area contributed by atoms with E-state index in [-0.39, 0.29) is 17.9 Å². The van der Waals surface area contributed by atoms with Crippen LogP contribution in [0.15, 0.2) is 24.3 Å². The Labute approximate surface area is 183 Å². The normalized spacial score (nSPS) is 22.0. The zero-order chi connectivity index (χ0) is 21.6. The first-order valence-corrected chi connectivity index (χ1v) is 11.5. The number of carbonyl (C=O) groups is 2. The molecule has 1 saturated carbocycles. The average Bonchev–Trinajstić information content (AvgIpc) is 3.44. The van der Waals surface area contributed by atoms with Crippen LogP contribution in [0.1, 0.15) is 55.4 Å². The molecule has 2 aromatic rings. The molecule has 1 aliphatic heterocycles. The van der Waals surface area contributed by atoms with Gasteiger partial charge in [-0.3, -0.25) is 4.79 Å². The summed E-state index contributed by atoms with van der Waals surface area (Å²) >= 11 is 0. The average molecular weight is 428 g/mol. The number of nitrogens with one attached hydrogen (secondary N) is 3. The molecule has 168 valence electrons. The fourth-order valence-corrected chi connectivity index (χ4v) is 5.07. The van der Waals surface area contributed by atoms with Crippen LogP contribution in [0, 0.1) is 11.8 Å². The molecule has 7 heteroatoms. The van der Waals surface area contributed by atoms with Gasteiger partial charge in [0.1, 0.15) is 5.69 Å². The van der Waals surface area contributed by atoms with Crippen LogP contribution in [0.4, 0.5) is 5.69 Å². The van der Waals surface area contributed by atoms with Crippen molar-refractivity contribution >= 4 is 28.5 Å². The summed E-state index contributed by atoms with van der Waals surface area (Å²) in [6.07, 6.45) is 8.14. The molecule has 1 saturated heterocycles. The number of methoxy groups -OCH3 is 1. The van der Waals surface area contributed by atoms with Gasteiger partial charge in [0.15, 0.2) is 0 Å². The summed E-state index contributed by atoms with van der Waals surface area (Å²) < 4.78 is 10.2. The van der Waals surface area contributed by atoms with Crippen molar-refractivity contribution in [3.05, 3.63) is 30.0 Å². The molecule has 31 heavy (non-hydrogen) atoms. The molecule has 0 spiro atoms. The molecule has 2 fully saturated rings. The Morgan fingerprint density at radius 3 is 2.74 bits per heavy atom. The molecule has 0 radical (unpaired) electrons. The zero-order valence-electron chi connectivity index (χ0n) is 18.2. The highest BCUT2D eigenvalue weighted by atomic mass is 16.5. The molecule has 0 bridgehead atoms. The Balaban J connectivity index is 1.39. The molecule has 2 heterocycles. The minimum absolute atomic E-state index is 0.0423. The van der Waals surface area contributed by atoms with Gasteiger partial charge in [-0.05, 0) is 49.1 Å². The van der Waals surface area contributed by atoms with Gasteiger partial charge in [-0.2, -0.15) is 0 Å². The molecule has 1 amide bonds. The van der Waals surface area contributed by atoms with E-state index < -0.39 is 0 Å². The topological polar surface area (TPSA) is 92.4 Å². The summed E-state index contributed by atoms with van der Waals surface area (Å²) in [6.45, 7) is 1.78. The lowest BCUT2D eigenvalue weighted by Gasteiger charge is -2.30. The molecular weight excluding hydrogens is 394 g/mol. The minimum Gasteiger partial charge on any atom is -0.461 e. The molecule has 2 atom stereocenters. The van der Waals surface area contributed by atoms with Crippen molar-refractivity contribution in [2.75, 3.05) is 32.2 Å². The number of H-pyrrole nitrogens is 1. The first kappa shape index (κ1) is 21.8. The number of fused-ring (bicyclic) bond motifs is 1. The van der Waals surface area contributed by atoms with E-state index in [0.29, 0.717) is 37.2 Å². The second-order valence-electron chi connectivity index (χ2n) is 8.74. The Morgan fingerprint density at radius 2 is 1.94 bits per heavy atom. The Kier molecular flexibility index (Phi) is 7.25. The van der Waals surface area contributed by atoms with Crippen molar-refractivity contribution in [3.8, 4) is 0 Å². The monoisotopic (exact) mass is 427 g/mol. The number of benzene rings is 1. The van der Waals surface area contributed by atoms with Crippen molar-refractivity contribution in [1.29, 1.82) is 0 Å². The largest absolute Gasteiger partial charge is 0.461 e. The van der Waals surface area contributed by atoms with Crippen molar-refractivity contribution in [3.63, 3.8) is 0 Å². The van der Waals surface area contributed by atoms with Gasteiger partial charge < -0.3 is 25.1 Å². The fourth-order valence-electron chi connectivity index (χ4n) is 5.07. The molecule has 7 nitrogen and oxygen atoms in total. The lowest BCUT2D eigenvalue weighted by atomic mass is 9.76. The summed E-state index contributed by atoms with van der Waals surface area (Å²) in [5, 5.41) is 7.37. The number of hydrogen-bond donors (Lipinski definition) is 3. The van der Waals surface area contributed by atoms with Gasteiger partial charge in [0, 0.05) is 36.7 Å². The lowest BCUT2D eigenvalue weighted by molar-refractivity contribution is -0.119. The molecular formula is C24H33N3O4. The lowest BCUT2D eigenvalue weighted by Crippen LogP contribution is -2.42. The molecule has 2 aliphatic rings. The number of carbonyl (C=O) groups excluding carboxylic acids is 2. The Bertz CT molecular complexity index is 903. The van der Waals surface area contributed by atoms with Crippen LogP contribution in [0.3, 0.4) is 0 Å². The molecule has 1 aromatic carbocycles. The maximum Gasteiger partial charge on any atom is 0.354 e. The van der Waals surface area contributed by atoms with E-state index >= 15 is 0 Å². The van der Waals surface area contributed by atoms with Crippen LogP contribution in [0.2, 0.25) is 0 Å². The summed E-state index contributed by atoms with van der Waals surface area (Å²) in [5.41, 5.74) is 1.99. The summed E-state index contributed by atoms with van der Waals surface area (Å²) in [7, 11) is 1.62. The second kappa shape index (κ2) is 10.3. The van der Waals surface area contributed by atoms with E-state index in [4.69, 9.17) is 9.47 Å². The highest BCUT2D eigenvalue weighted by Gasteiger charge is 2.38. The number of hydrogen-bond acceptors (Lipinski definition) is 5. The Morgan fingerprint density at radius 1 is 1.10 bits per heavy atom. The number of aromatic nitrogens is 1. The van der Waals surface area contributed by atoms with Gasteiger partial charge in [-0.1, -0.05) is 32.1 Å². The SMILES string of the molecule is COCCCOC(=O)c1cc2cc(NC(=O)[C@H]3NCCC3C3CCCCC3)ccc2[nH]1. The van der Waals surface area contributed by atoms with E-state index in [1.807, 2.05) is 18.2 Å². The predicted octanol–water partition coefficient (Wildman–Crippen LogP) is 3.86. The molecule has 4 rings (SSSR count). The molecule has 1 unspecified atom stereocenters. The predicted molar refractivity (Wildman–Crippen MR) is 120 cm³/mol. The van der Waals surface area contributed by atoms with Crippen LogP contribution < -0.4 is 10.6 Å². The number of esters is 1. The highest BCUT2D eigenvalue weighted by Crippen LogP contribution is 2.36. The van der Waals surface area contributed by atoms with Crippen molar-refractivity contribution in [2.45, 2.75) is 51.0 Å². The number of ether oxygens (including phenoxy) is 2. The van der Waals surface area contributed by atoms with E-state index in [9.17, 15) is 9.59 Å². The number of anilines is 1. The van der Waals surface area contributed by atoms with Crippen LogP contribution >= 0.6 is 0 Å². The molecule has 1 aromatic heterocycles. The van der Waals surface area contributed by atoms with E-state index in [1.54, 1.807) is 13.2 Å². The second-order valence-corrected chi connectivity index (χ2v) is 8.74. The maximum absolute atomic E-state index is 13.0. The minimum atomic E-state index is -0.386.